The Kier molecular flexibility index (Phi) is 4.55. The minimum absolute atomic E-state index is 0. The van der Waals surface area contributed by atoms with E-state index in [2.05, 4.69) is 47.8 Å². The summed E-state index contributed by atoms with van der Waals surface area (Å²) in [5, 5.41) is 0. The number of rotatable bonds is 3. The van der Waals surface area contributed by atoms with Gasteiger partial charge in [-0.3, -0.25) is 0 Å². The van der Waals surface area contributed by atoms with Crippen LogP contribution in [-0.4, -0.2) is 9.55 Å². The van der Waals surface area contributed by atoms with Crippen LogP contribution in [0.1, 0.15) is 49.8 Å². The van der Waals surface area contributed by atoms with Crippen molar-refractivity contribution in [2.45, 2.75) is 57.9 Å². The van der Waals surface area contributed by atoms with Crippen LogP contribution in [0.2, 0.25) is 0 Å². The molecule has 0 amide bonds. The second-order valence-corrected chi connectivity index (χ2v) is 7.65. The maximum atomic E-state index is 4.21. The lowest BCUT2D eigenvalue weighted by Crippen LogP contribution is -2.43. The zero-order valence-corrected chi connectivity index (χ0v) is 15.0. The molecular formula is C20H27ClN2. The van der Waals surface area contributed by atoms with Crippen LogP contribution in [-0.2, 0) is 24.8 Å². The topological polar surface area (TPSA) is 17.8 Å². The summed E-state index contributed by atoms with van der Waals surface area (Å²) in [4.78, 5) is 4.21. The van der Waals surface area contributed by atoms with Crippen LogP contribution >= 0.6 is 12.4 Å². The predicted octanol–water partition coefficient (Wildman–Crippen LogP) is 4.80. The summed E-state index contributed by atoms with van der Waals surface area (Å²) in [5.74, 6) is 1.45. The normalized spacial score (nSPS) is 25.8. The van der Waals surface area contributed by atoms with Gasteiger partial charge in [-0.05, 0) is 66.0 Å². The third-order valence-electron chi connectivity index (χ3n) is 6.10. The molecule has 2 nitrogen and oxygen atoms in total. The molecule has 23 heavy (non-hydrogen) atoms. The van der Waals surface area contributed by atoms with E-state index < -0.39 is 0 Å². The summed E-state index contributed by atoms with van der Waals surface area (Å²) in [5.41, 5.74) is 5.41. The molecule has 0 aliphatic heterocycles. The van der Waals surface area contributed by atoms with Gasteiger partial charge in [-0.25, -0.2) is 4.98 Å². The average molecular weight is 331 g/mol. The van der Waals surface area contributed by atoms with Gasteiger partial charge in [0.25, 0.3) is 0 Å². The fourth-order valence-corrected chi connectivity index (χ4v) is 5.13. The Morgan fingerprint density at radius 2 is 2.13 bits per heavy atom. The van der Waals surface area contributed by atoms with Gasteiger partial charge in [0.15, 0.2) is 0 Å². The standard InChI is InChI=1S/C20H26N2.ClH/c1-15(2)20-8-4-7-17-5-3-6-18(19(17)20)11-16(12-20)13-22-10-9-21-14-22;/h3,5-6,9-10,14-16H,4,7-8,11-13H2,1-2H3;1H/t16-,20-;/m1./s1. The summed E-state index contributed by atoms with van der Waals surface area (Å²) in [7, 11) is 0. The first kappa shape index (κ1) is 16.6. The van der Waals surface area contributed by atoms with E-state index in [1.165, 1.54) is 32.1 Å². The van der Waals surface area contributed by atoms with Gasteiger partial charge >= 0.3 is 0 Å². The van der Waals surface area contributed by atoms with Crippen molar-refractivity contribution in [2.24, 2.45) is 11.8 Å². The molecule has 0 saturated carbocycles. The molecule has 3 heteroatoms. The quantitative estimate of drug-likeness (QED) is 0.790. The second-order valence-electron chi connectivity index (χ2n) is 7.65. The molecule has 2 aromatic rings. The van der Waals surface area contributed by atoms with Crippen LogP contribution in [0.5, 0.6) is 0 Å². The number of hydrogen-bond acceptors (Lipinski definition) is 1. The highest BCUT2D eigenvalue weighted by Gasteiger charge is 2.45. The van der Waals surface area contributed by atoms with Crippen LogP contribution in [0.3, 0.4) is 0 Å². The summed E-state index contributed by atoms with van der Waals surface area (Å²) < 4.78 is 2.26. The highest BCUT2D eigenvalue weighted by atomic mass is 35.5. The maximum Gasteiger partial charge on any atom is 0.0945 e. The second kappa shape index (κ2) is 6.32. The predicted molar refractivity (Wildman–Crippen MR) is 97.2 cm³/mol. The first-order chi connectivity index (χ1) is 10.7. The fraction of sp³-hybridized carbons (Fsp3) is 0.550. The third kappa shape index (κ3) is 2.71. The fourth-order valence-electron chi connectivity index (χ4n) is 5.13. The number of hydrogen-bond donors (Lipinski definition) is 0. The molecule has 0 fully saturated rings. The molecule has 4 rings (SSSR count). The lowest BCUT2D eigenvalue weighted by atomic mass is 9.55. The van der Waals surface area contributed by atoms with E-state index in [4.69, 9.17) is 0 Å². The third-order valence-corrected chi connectivity index (χ3v) is 6.10. The SMILES string of the molecule is CC(C)[C@]12CCCc3cccc(c31)C[C@@H](Cn1ccnc1)C2.Cl. The van der Waals surface area contributed by atoms with Crippen LogP contribution in [0, 0.1) is 11.8 Å². The molecule has 2 aliphatic carbocycles. The number of aromatic nitrogens is 2. The van der Waals surface area contributed by atoms with Crippen LogP contribution in [0.4, 0.5) is 0 Å². The minimum atomic E-state index is 0. The first-order valence-electron chi connectivity index (χ1n) is 8.76. The largest absolute Gasteiger partial charge is 0.337 e. The number of halogens is 1. The maximum absolute atomic E-state index is 4.21. The van der Waals surface area contributed by atoms with Crippen molar-refractivity contribution in [2.75, 3.05) is 0 Å². The smallest absolute Gasteiger partial charge is 0.0945 e. The molecule has 0 saturated heterocycles. The Bertz CT molecular complexity index is 662. The molecule has 1 aromatic heterocycles. The Hall–Kier alpha value is -1.28. The molecule has 2 atom stereocenters. The molecule has 2 aliphatic rings. The van der Waals surface area contributed by atoms with Gasteiger partial charge in [-0.15, -0.1) is 12.4 Å². The van der Waals surface area contributed by atoms with Crippen molar-refractivity contribution < 1.29 is 0 Å². The molecule has 0 spiro atoms. The van der Waals surface area contributed by atoms with E-state index in [1.807, 2.05) is 12.5 Å². The van der Waals surface area contributed by atoms with E-state index in [1.54, 1.807) is 16.7 Å². The minimum Gasteiger partial charge on any atom is -0.337 e. The molecule has 0 radical (unpaired) electrons. The van der Waals surface area contributed by atoms with Crippen molar-refractivity contribution in [3.63, 3.8) is 0 Å². The Labute approximate surface area is 145 Å². The van der Waals surface area contributed by atoms with Gasteiger partial charge in [-0.2, -0.15) is 0 Å². The monoisotopic (exact) mass is 330 g/mol. The van der Waals surface area contributed by atoms with E-state index in [-0.39, 0.29) is 12.4 Å². The van der Waals surface area contributed by atoms with Crippen LogP contribution in [0.25, 0.3) is 0 Å². The van der Waals surface area contributed by atoms with Crippen molar-refractivity contribution in [3.8, 4) is 0 Å². The van der Waals surface area contributed by atoms with E-state index in [0.29, 0.717) is 5.41 Å². The number of aryl methyl sites for hydroxylation is 1. The van der Waals surface area contributed by atoms with Crippen molar-refractivity contribution in [1.82, 2.24) is 9.55 Å². The van der Waals surface area contributed by atoms with Gasteiger partial charge in [0.05, 0.1) is 6.33 Å². The number of nitrogens with zero attached hydrogens (tertiary/aromatic N) is 2. The van der Waals surface area contributed by atoms with E-state index in [9.17, 15) is 0 Å². The Morgan fingerprint density at radius 3 is 2.87 bits per heavy atom. The molecular weight excluding hydrogens is 304 g/mol. The Balaban J connectivity index is 0.00000156. The van der Waals surface area contributed by atoms with Gasteiger partial charge in [0.1, 0.15) is 0 Å². The van der Waals surface area contributed by atoms with E-state index >= 15 is 0 Å². The summed E-state index contributed by atoms with van der Waals surface area (Å²) in [6, 6.07) is 7.05. The molecule has 0 unspecified atom stereocenters. The zero-order chi connectivity index (χ0) is 15.2. The molecule has 0 bridgehead atoms. The van der Waals surface area contributed by atoms with Crippen molar-refractivity contribution in [1.29, 1.82) is 0 Å². The van der Waals surface area contributed by atoms with Gasteiger partial charge in [0, 0.05) is 18.9 Å². The van der Waals surface area contributed by atoms with E-state index in [0.717, 1.165) is 18.4 Å². The summed E-state index contributed by atoms with van der Waals surface area (Å²) >= 11 is 0. The molecule has 124 valence electrons. The first-order valence-corrected chi connectivity index (χ1v) is 8.76. The zero-order valence-electron chi connectivity index (χ0n) is 14.2. The van der Waals surface area contributed by atoms with Crippen LogP contribution in [0.15, 0.2) is 36.9 Å². The van der Waals surface area contributed by atoms with Gasteiger partial charge < -0.3 is 4.57 Å². The highest BCUT2D eigenvalue weighted by Crippen LogP contribution is 2.52. The van der Waals surface area contributed by atoms with Gasteiger partial charge in [-0.1, -0.05) is 32.0 Å². The average Bonchev–Trinajstić information content (AvgIpc) is 3.00. The van der Waals surface area contributed by atoms with Crippen molar-refractivity contribution >= 4 is 12.4 Å². The summed E-state index contributed by atoms with van der Waals surface area (Å²) in [6.07, 6.45) is 12.5. The number of imidazole rings is 1. The highest BCUT2D eigenvalue weighted by molar-refractivity contribution is 5.85. The van der Waals surface area contributed by atoms with Crippen LogP contribution < -0.4 is 0 Å². The van der Waals surface area contributed by atoms with Crippen molar-refractivity contribution in [3.05, 3.63) is 53.6 Å². The summed E-state index contributed by atoms with van der Waals surface area (Å²) in [6.45, 7) is 5.98. The molecule has 1 aromatic carbocycles. The Morgan fingerprint density at radius 1 is 1.30 bits per heavy atom. The lowest BCUT2D eigenvalue weighted by molar-refractivity contribution is 0.175. The number of benzene rings is 1. The van der Waals surface area contributed by atoms with Gasteiger partial charge in [0.2, 0.25) is 0 Å². The molecule has 1 heterocycles. The molecule has 0 N–H and O–H groups in total. The lowest BCUT2D eigenvalue weighted by Gasteiger charge is -2.49.